The molecule has 0 unspecified atom stereocenters. The molecule has 0 heterocycles. The Bertz CT molecular complexity index is 261. The smallest absolute Gasteiger partial charge is 0.141 e. The van der Waals surface area contributed by atoms with Gasteiger partial charge in [0.2, 0.25) is 0 Å². The van der Waals surface area contributed by atoms with Crippen molar-refractivity contribution < 1.29 is 9.53 Å². The Labute approximate surface area is 92.4 Å². The molecule has 0 N–H and O–H groups in total. The normalized spacial score (nSPS) is 39.7. The lowest BCUT2D eigenvalue weighted by molar-refractivity contribution is -0.156. The van der Waals surface area contributed by atoms with Gasteiger partial charge in [0.05, 0.1) is 6.10 Å². The van der Waals surface area contributed by atoms with E-state index in [9.17, 15) is 4.79 Å². The zero-order valence-electron chi connectivity index (χ0n) is 10.3. The van der Waals surface area contributed by atoms with Crippen molar-refractivity contribution in [1.82, 2.24) is 0 Å². The predicted octanol–water partition coefficient (Wildman–Crippen LogP) is 2.81. The van der Waals surface area contributed by atoms with E-state index in [-0.39, 0.29) is 5.41 Å². The van der Waals surface area contributed by atoms with Crippen LogP contribution in [0.25, 0.3) is 0 Å². The van der Waals surface area contributed by atoms with Crippen LogP contribution >= 0.6 is 0 Å². The van der Waals surface area contributed by atoms with E-state index in [0.717, 1.165) is 12.8 Å². The monoisotopic (exact) mass is 210 g/mol. The predicted molar refractivity (Wildman–Crippen MR) is 59.7 cm³/mol. The fourth-order valence-corrected chi connectivity index (χ4v) is 3.19. The second-order valence-corrected chi connectivity index (χ2v) is 6.49. The van der Waals surface area contributed by atoms with Gasteiger partial charge in [0, 0.05) is 18.4 Å². The van der Waals surface area contributed by atoms with Crippen molar-refractivity contribution >= 4 is 5.78 Å². The molecule has 2 fully saturated rings. The summed E-state index contributed by atoms with van der Waals surface area (Å²) in [7, 11) is 1.79. The number of carbonyl (C=O) groups excluding carboxylic acids is 1. The van der Waals surface area contributed by atoms with Crippen molar-refractivity contribution in [3.63, 3.8) is 0 Å². The lowest BCUT2D eigenvalue weighted by atomic mass is 9.49. The third-order valence-corrected chi connectivity index (χ3v) is 4.12. The average Bonchev–Trinajstić information content (AvgIpc) is 1.97. The van der Waals surface area contributed by atoms with E-state index in [1.54, 1.807) is 7.11 Å². The van der Waals surface area contributed by atoms with Gasteiger partial charge in [-0.05, 0) is 31.1 Å². The Morgan fingerprint density at radius 2 is 1.73 bits per heavy atom. The molecular formula is C13H22O2. The molecule has 0 amide bonds. The molecule has 15 heavy (non-hydrogen) atoms. The highest BCUT2D eigenvalue weighted by Crippen LogP contribution is 2.60. The average molecular weight is 210 g/mol. The summed E-state index contributed by atoms with van der Waals surface area (Å²) in [5, 5.41) is 0. The summed E-state index contributed by atoms with van der Waals surface area (Å²) in [6.45, 7) is 6.08. The van der Waals surface area contributed by atoms with Crippen LogP contribution in [-0.4, -0.2) is 19.0 Å². The molecule has 2 aliphatic rings. The number of hydrogen-bond donors (Lipinski definition) is 0. The highest BCUT2D eigenvalue weighted by molar-refractivity contribution is 5.86. The van der Waals surface area contributed by atoms with Crippen LogP contribution in [0.4, 0.5) is 0 Å². The lowest BCUT2D eigenvalue weighted by Gasteiger charge is -2.57. The Morgan fingerprint density at radius 3 is 2.13 bits per heavy atom. The quantitative estimate of drug-likeness (QED) is 0.700. The summed E-state index contributed by atoms with van der Waals surface area (Å²) in [6, 6.07) is 0. The summed E-state index contributed by atoms with van der Waals surface area (Å²) in [6.07, 6.45) is 5.05. The van der Waals surface area contributed by atoms with Crippen LogP contribution in [0.1, 0.15) is 46.5 Å². The molecule has 0 saturated heterocycles. The molecule has 0 atom stereocenters. The van der Waals surface area contributed by atoms with Crippen LogP contribution in [0.5, 0.6) is 0 Å². The molecule has 1 spiro atoms. The van der Waals surface area contributed by atoms with Gasteiger partial charge in [0.15, 0.2) is 0 Å². The molecule has 0 bridgehead atoms. The number of rotatable bonds is 2. The first-order valence-corrected chi connectivity index (χ1v) is 5.93. The Kier molecular flexibility index (Phi) is 2.45. The van der Waals surface area contributed by atoms with Gasteiger partial charge >= 0.3 is 0 Å². The first-order chi connectivity index (χ1) is 6.86. The van der Waals surface area contributed by atoms with Gasteiger partial charge in [-0.3, -0.25) is 4.79 Å². The van der Waals surface area contributed by atoms with Crippen molar-refractivity contribution in [2.45, 2.75) is 52.6 Å². The third-order valence-electron chi connectivity index (χ3n) is 4.12. The van der Waals surface area contributed by atoms with Crippen LogP contribution in [0, 0.1) is 16.7 Å². The molecule has 2 saturated carbocycles. The fraction of sp³-hybridized carbons (Fsp3) is 0.923. The van der Waals surface area contributed by atoms with Gasteiger partial charge in [-0.15, -0.1) is 0 Å². The molecule has 0 aromatic heterocycles. The molecule has 0 aromatic rings. The van der Waals surface area contributed by atoms with E-state index in [4.69, 9.17) is 4.74 Å². The van der Waals surface area contributed by atoms with Gasteiger partial charge in [-0.2, -0.15) is 0 Å². The summed E-state index contributed by atoms with van der Waals surface area (Å²) < 4.78 is 5.30. The highest BCUT2D eigenvalue weighted by atomic mass is 16.5. The van der Waals surface area contributed by atoms with Gasteiger partial charge in [0.1, 0.15) is 5.78 Å². The maximum atomic E-state index is 12.0. The fourth-order valence-electron chi connectivity index (χ4n) is 3.19. The topological polar surface area (TPSA) is 26.3 Å². The van der Waals surface area contributed by atoms with Gasteiger partial charge in [-0.1, -0.05) is 20.8 Å². The van der Waals surface area contributed by atoms with E-state index in [2.05, 4.69) is 0 Å². The van der Waals surface area contributed by atoms with Crippen LogP contribution in [-0.2, 0) is 9.53 Å². The minimum atomic E-state index is -0.156. The molecule has 2 heteroatoms. The SMILES string of the molecule is COC1CC2(C1)CC(C(=O)C(C)(C)C)C2. The molecule has 2 nitrogen and oxygen atoms in total. The molecular weight excluding hydrogens is 188 g/mol. The van der Waals surface area contributed by atoms with E-state index >= 15 is 0 Å². The van der Waals surface area contributed by atoms with Gasteiger partial charge in [-0.25, -0.2) is 0 Å². The standard InChI is InChI=1S/C13H22O2/c1-12(2,3)11(14)9-5-13(6-9)7-10(8-13)15-4/h9-10H,5-8H2,1-4H3. The van der Waals surface area contributed by atoms with E-state index < -0.39 is 0 Å². The van der Waals surface area contributed by atoms with Crippen molar-refractivity contribution in [2.24, 2.45) is 16.7 Å². The van der Waals surface area contributed by atoms with E-state index in [0.29, 0.717) is 23.2 Å². The first kappa shape index (κ1) is 11.1. The zero-order valence-corrected chi connectivity index (χ0v) is 10.3. The van der Waals surface area contributed by atoms with Crippen molar-refractivity contribution in [2.75, 3.05) is 7.11 Å². The minimum absolute atomic E-state index is 0.156. The number of hydrogen-bond acceptors (Lipinski definition) is 2. The van der Waals surface area contributed by atoms with Crippen molar-refractivity contribution in [1.29, 1.82) is 0 Å². The number of methoxy groups -OCH3 is 1. The van der Waals surface area contributed by atoms with Crippen LogP contribution in [0.15, 0.2) is 0 Å². The van der Waals surface area contributed by atoms with Gasteiger partial charge in [0.25, 0.3) is 0 Å². The van der Waals surface area contributed by atoms with Crippen molar-refractivity contribution in [3.05, 3.63) is 0 Å². The Morgan fingerprint density at radius 1 is 1.20 bits per heavy atom. The third kappa shape index (κ3) is 1.84. The highest BCUT2D eigenvalue weighted by Gasteiger charge is 2.55. The molecule has 86 valence electrons. The summed E-state index contributed by atoms with van der Waals surface area (Å²) in [5.41, 5.74) is 0.336. The molecule has 2 rings (SSSR count). The maximum absolute atomic E-state index is 12.0. The maximum Gasteiger partial charge on any atom is 0.141 e. The molecule has 0 aromatic carbocycles. The largest absolute Gasteiger partial charge is 0.381 e. The Hall–Kier alpha value is -0.370. The van der Waals surface area contributed by atoms with Crippen molar-refractivity contribution in [3.8, 4) is 0 Å². The number of carbonyl (C=O) groups is 1. The Balaban J connectivity index is 1.82. The lowest BCUT2D eigenvalue weighted by Crippen LogP contribution is -2.53. The second-order valence-electron chi connectivity index (χ2n) is 6.49. The van der Waals surface area contributed by atoms with Crippen LogP contribution in [0.3, 0.4) is 0 Å². The zero-order chi connectivity index (χ0) is 11.3. The van der Waals surface area contributed by atoms with Gasteiger partial charge < -0.3 is 4.74 Å². The van der Waals surface area contributed by atoms with E-state index in [1.807, 2.05) is 20.8 Å². The second kappa shape index (κ2) is 3.31. The summed E-state index contributed by atoms with van der Waals surface area (Å²) in [4.78, 5) is 12.0. The van der Waals surface area contributed by atoms with Crippen LogP contribution < -0.4 is 0 Å². The summed E-state index contributed by atoms with van der Waals surface area (Å²) in [5.74, 6) is 0.789. The molecule has 0 radical (unpaired) electrons. The van der Waals surface area contributed by atoms with Crippen LogP contribution in [0.2, 0.25) is 0 Å². The first-order valence-electron chi connectivity index (χ1n) is 5.93. The molecule has 0 aliphatic heterocycles. The number of ether oxygens (including phenoxy) is 1. The van der Waals surface area contributed by atoms with E-state index in [1.165, 1.54) is 12.8 Å². The molecule has 2 aliphatic carbocycles. The number of ketones is 1. The number of Topliss-reactive ketones (excluding diaryl/α,β-unsaturated/α-hetero) is 1. The summed E-state index contributed by atoms with van der Waals surface area (Å²) >= 11 is 0. The minimum Gasteiger partial charge on any atom is -0.381 e.